The van der Waals surface area contributed by atoms with Crippen molar-refractivity contribution < 1.29 is 14.3 Å². The van der Waals surface area contributed by atoms with Crippen molar-refractivity contribution in [3.05, 3.63) is 58.6 Å². The molecule has 3 N–H and O–H groups in total. The lowest BCUT2D eigenvalue weighted by Crippen LogP contribution is -2.37. The summed E-state index contributed by atoms with van der Waals surface area (Å²) in [4.78, 5) is 27.1. The summed E-state index contributed by atoms with van der Waals surface area (Å²) in [5.74, 6) is -0.0600. The fourth-order valence-corrected chi connectivity index (χ4v) is 3.89. The molecule has 0 spiro atoms. The van der Waals surface area contributed by atoms with Crippen molar-refractivity contribution in [3.8, 4) is 17.0 Å². The smallest absolute Gasteiger partial charge is 0.339 e. The van der Waals surface area contributed by atoms with Gasteiger partial charge in [0.25, 0.3) is 5.56 Å². The summed E-state index contributed by atoms with van der Waals surface area (Å²) >= 11 is 0. The van der Waals surface area contributed by atoms with Gasteiger partial charge in [-0.15, -0.1) is 0 Å². The van der Waals surface area contributed by atoms with Crippen molar-refractivity contribution in [2.75, 3.05) is 44.4 Å². The van der Waals surface area contributed by atoms with Gasteiger partial charge in [0.05, 0.1) is 41.4 Å². The number of carbonyl (C=O) groups is 1. The average Bonchev–Trinajstić information content (AvgIpc) is 3.20. The highest BCUT2D eigenvalue weighted by molar-refractivity contribution is 5.90. The quantitative estimate of drug-likeness (QED) is 0.316. The number of nitrogens with two attached hydrogens (primary N) is 1. The van der Waals surface area contributed by atoms with Crippen LogP contribution in [-0.2, 0) is 18.8 Å². The number of benzene rings is 1. The number of hydrogen-bond acceptors (Lipinski definition) is 8. The number of hydrogen-bond donors (Lipinski definition) is 2. The van der Waals surface area contributed by atoms with Gasteiger partial charge in [0, 0.05) is 39.4 Å². The van der Waals surface area contributed by atoms with E-state index in [2.05, 4.69) is 29.2 Å². The van der Waals surface area contributed by atoms with E-state index in [1.54, 1.807) is 25.0 Å². The van der Waals surface area contributed by atoms with Crippen molar-refractivity contribution in [1.29, 1.82) is 0 Å². The number of likely N-dealkylation sites (N-methyl/N-ethyl adjacent to an activating group) is 1. The topological polar surface area (TPSA) is 117 Å². The van der Waals surface area contributed by atoms with Crippen LogP contribution in [0.4, 0.5) is 11.4 Å². The van der Waals surface area contributed by atoms with Gasteiger partial charge in [-0.1, -0.05) is 19.1 Å². The zero-order chi connectivity index (χ0) is 25.5. The number of anilines is 2. The van der Waals surface area contributed by atoms with E-state index in [0.717, 1.165) is 24.5 Å². The first-order valence-electron chi connectivity index (χ1n) is 11.5. The standard InChI is InChI=1S/C25H34N6O4/c1-6-31(15-17(2)28-22-10-8-7-9-21(22)26)11-12-35-24-20(14-27-30(24)4)19-13-18(25(33)34-5)16-29(3)23(19)32/h7-10,13-14,16-17,28H,6,11-12,15,26H2,1-5H3. The predicted molar refractivity (Wildman–Crippen MR) is 137 cm³/mol. The van der Waals surface area contributed by atoms with Gasteiger partial charge in [0.1, 0.15) is 6.61 Å². The molecule has 3 aromatic rings. The number of ether oxygens (including phenoxy) is 2. The second-order valence-corrected chi connectivity index (χ2v) is 8.41. The first-order chi connectivity index (χ1) is 16.7. The summed E-state index contributed by atoms with van der Waals surface area (Å²) in [6, 6.07) is 9.40. The van der Waals surface area contributed by atoms with E-state index in [4.69, 9.17) is 15.2 Å². The van der Waals surface area contributed by atoms with Crippen LogP contribution in [0.3, 0.4) is 0 Å². The Morgan fingerprint density at radius 1 is 1.26 bits per heavy atom. The van der Waals surface area contributed by atoms with Crippen molar-refractivity contribution in [2.45, 2.75) is 19.9 Å². The highest BCUT2D eigenvalue weighted by atomic mass is 16.5. The molecule has 1 aromatic carbocycles. The zero-order valence-corrected chi connectivity index (χ0v) is 20.9. The number of methoxy groups -OCH3 is 1. The maximum atomic E-state index is 12.8. The van der Waals surface area contributed by atoms with Gasteiger partial charge >= 0.3 is 5.97 Å². The SMILES string of the molecule is CCN(CCOc1c(-c2cc(C(=O)OC)cn(C)c2=O)cnn1C)CC(C)Nc1ccccc1N. The predicted octanol–water partition coefficient (Wildman–Crippen LogP) is 2.36. The minimum atomic E-state index is -0.521. The summed E-state index contributed by atoms with van der Waals surface area (Å²) in [7, 11) is 4.64. The molecule has 0 fully saturated rings. The van der Waals surface area contributed by atoms with Gasteiger partial charge in [-0.05, 0) is 31.7 Å². The van der Waals surface area contributed by atoms with Gasteiger partial charge < -0.3 is 25.1 Å². The molecule has 0 radical (unpaired) electrons. The summed E-state index contributed by atoms with van der Waals surface area (Å²) in [6.07, 6.45) is 3.02. The molecule has 35 heavy (non-hydrogen) atoms. The second-order valence-electron chi connectivity index (χ2n) is 8.41. The third kappa shape index (κ3) is 6.21. The van der Waals surface area contributed by atoms with Crippen LogP contribution < -0.4 is 21.3 Å². The molecule has 188 valence electrons. The van der Waals surface area contributed by atoms with Crippen LogP contribution in [0.15, 0.2) is 47.5 Å². The molecule has 0 aliphatic rings. The van der Waals surface area contributed by atoms with Crippen LogP contribution >= 0.6 is 0 Å². The molecule has 0 bridgehead atoms. The Kier molecular flexibility index (Phi) is 8.53. The molecule has 2 aromatic heterocycles. The summed E-state index contributed by atoms with van der Waals surface area (Å²) < 4.78 is 13.8. The summed E-state index contributed by atoms with van der Waals surface area (Å²) in [5.41, 5.74) is 8.55. The number of nitrogen functional groups attached to an aromatic ring is 1. The van der Waals surface area contributed by atoms with Crippen molar-refractivity contribution in [3.63, 3.8) is 0 Å². The molecule has 1 unspecified atom stereocenters. The lowest BCUT2D eigenvalue weighted by molar-refractivity contribution is 0.0599. The van der Waals surface area contributed by atoms with Gasteiger partial charge in [-0.3, -0.25) is 9.69 Å². The molecular weight excluding hydrogens is 448 g/mol. The Labute approximate surface area is 205 Å². The average molecular weight is 483 g/mol. The number of para-hydroxylation sites is 2. The molecular formula is C25H34N6O4. The number of aryl methyl sites for hydroxylation is 2. The number of nitrogens with zero attached hydrogens (tertiary/aromatic N) is 4. The number of nitrogens with one attached hydrogen (secondary N) is 1. The van der Waals surface area contributed by atoms with Crippen LogP contribution in [0.5, 0.6) is 5.88 Å². The first kappa shape index (κ1) is 25.8. The lowest BCUT2D eigenvalue weighted by Gasteiger charge is -2.26. The van der Waals surface area contributed by atoms with E-state index in [9.17, 15) is 9.59 Å². The highest BCUT2D eigenvalue weighted by Gasteiger charge is 2.19. The van der Waals surface area contributed by atoms with Crippen molar-refractivity contribution >= 4 is 17.3 Å². The molecule has 0 aliphatic carbocycles. The number of esters is 1. The van der Waals surface area contributed by atoms with E-state index in [1.807, 2.05) is 24.3 Å². The van der Waals surface area contributed by atoms with Gasteiger partial charge in [0.2, 0.25) is 5.88 Å². The number of aromatic nitrogens is 3. The van der Waals surface area contributed by atoms with Gasteiger partial charge in [0.15, 0.2) is 0 Å². The molecule has 2 heterocycles. The molecule has 0 saturated carbocycles. The van der Waals surface area contributed by atoms with Gasteiger partial charge in [-0.25, -0.2) is 9.48 Å². The van der Waals surface area contributed by atoms with E-state index >= 15 is 0 Å². The number of pyridine rings is 1. The third-order valence-corrected chi connectivity index (χ3v) is 5.77. The number of carbonyl (C=O) groups excluding carboxylic acids is 1. The van der Waals surface area contributed by atoms with E-state index in [1.165, 1.54) is 23.9 Å². The molecule has 0 aliphatic heterocycles. The molecule has 10 nitrogen and oxygen atoms in total. The molecule has 3 rings (SSSR count). The Hall–Kier alpha value is -3.79. The second kappa shape index (κ2) is 11.6. The highest BCUT2D eigenvalue weighted by Crippen LogP contribution is 2.28. The Morgan fingerprint density at radius 3 is 2.69 bits per heavy atom. The molecule has 1 atom stereocenters. The maximum absolute atomic E-state index is 12.8. The minimum Gasteiger partial charge on any atom is -0.476 e. The normalized spacial score (nSPS) is 11.9. The van der Waals surface area contributed by atoms with Crippen LogP contribution in [-0.4, -0.2) is 64.6 Å². The monoisotopic (exact) mass is 482 g/mol. The van der Waals surface area contributed by atoms with E-state index < -0.39 is 5.97 Å². The molecule has 0 amide bonds. The lowest BCUT2D eigenvalue weighted by atomic mass is 10.1. The summed E-state index contributed by atoms with van der Waals surface area (Å²) in [5, 5.41) is 7.72. The van der Waals surface area contributed by atoms with Crippen LogP contribution in [0, 0.1) is 0 Å². The Balaban J connectivity index is 1.69. The third-order valence-electron chi connectivity index (χ3n) is 5.77. The van der Waals surface area contributed by atoms with E-state index in [0.29, 0.717) is 30.2 Å². The van der Waals surface area contributed by atoms with Crippen molar-refractivity contribution in [1.82, 2.24) is 19.2 Å². The Bertz CT molecular complexity index is 1220. The van der Waals surface area contributed by atoms with Crippen LogP contribution in [0.2, 0.25) is 0 Å². The minimum absolute atomic E-state index is 0.177. The largest absolute Gasteiger partial charge is 0.476 e. The first-order valence-corrected chi connectivity index (χ1v) is 11.5. The fourth-order valence-electron chi connectivity index (χ4n) is 3.89. The van der Waals surface area contributed by atoms with Crippen LogP contribution in [0.1, 0.15) is 24.2 Å². The molecule has 10 heteroatoms. The fraction of sp³-hybridized carbons (Fsp3) is 0.400. The zero-order valence-electron chi connectivity index (χ0n) is 20.9. The van der Waals surface area contributed by atoms with Gasteiger partial charge in [-0.2, -0.15) is 5.10 Å². The Morgan fingerprint density at radius 2 is 2.00 bits per heavy atom. The van der Waals surface area contributed by atoms with Crippen molar-refractivity contribution in [2.24, 2.45) is 14.1 Å². The van der Waals surface area contributed by atoms with Crippen LogP contribution in [0.25, 0.3) is 11.1 Å². The maximum Gasteiger partial charge on any atom is 0.339 e. The number of rotatable bonds is 11. The molecule has 0 saturated heterocycles. The van der Waals surface area contributed by atoms with E-state index in [-0.39, 0.29) is 17.2 Å². The summed E-state index contributed by atoms with van der Waals surface area (Å²) in [6.45, 7) is 6.93.